The SMILES string of the molecule is C[C@H](CCC(=O)NCC(=O)O)[C@H]1CC[C@H]2[C@@H]3CC=C4CC(O)CC[C@]4(C)[C@H]3CC[C@]12C. The van der Waals surface area contributed by atoms with Crippen molar-refractivity contribution in [2.24, 2.45) is 40.4 Å². The van der Waals surface area contributed by atoms with Gasteiger partial charge >= 0.3 is 5.97 Å². The van der Waals surface area contributed by atoms with Gasteiger partial charge in [0.2, 0.25) is 5.91 Å². The number of hydrogen-bond donors (Lipinski definition) is 3. The molecule has 1 unspecified atom stereocenters. The Morgan fingerprint density at radius 3 is 2.68 bits per heavy atom. The third-order valence-electron chi connectivity index (χ3n) is 10.1. The van der Waals surface area contributed by atoms with Crippen molar-refractivity contribution in [3.05, 3.63) is 11.6 Å². The summed E-state index contributed by atoms with van der Waals surface area (Å²) in [6.07, 6.45) is 12.9. The van der Waals surface area contributed by atoms with Gasteiger partial charge in [-0.3, -0.25) is 9.59 Å². The number of aliphatic hydroxyl groups is 1. The largest absolute Gasteiger partial charge is 0.480 e. The van der Waals surface area contributed by atoms with Gasteiger partial charge in [0.05, 0.1) is 6.10 Å². The van der Waals surface area contributed by atoms with E-state index in [1.165, 1.54) is 37.7 Å². The highest BCUT2D eigenvalue weighted by atomic mass is 16.4. The number of carboxylic acids is 1. The van der Waals surface area contributed by atoms with Crippen LogP contribution in [0.4, 0.5) is 0 Å². The van der Waals surface area contributed by atoms with Crippen molar-refractivity contribution in [3.63, 3.8) is 0 Å². The zero-order valence-corrected chi connectivity index (χ0v) is 19.5. The van der Waals surface area contributed by atoms with Crippen molar-refractivity contribution in [2.45, 2.75) is 91.1 Å². The van der Waals surface area contributed by atoms with Gasteiger partial charge in [0.25, 0.3) is 0 Å². The molecule has 0 bridgehead atoms. The predicted octanol–water partition coefficient (Wildman–Crippen LogP) is 4.54. The molecule has 0 spiro atoms. The molecule has 4 aliphatic rings. The molecule has 5 nitrogen and oxygen atoms in total. The lowest BCUT2D eigenvalue weighted by molar-refractivity contribution is -0.138. The number of nitrogens with one attached hydrogen (secondary N) is 1. The van der Waals surface area contributed by atoms with Crippen LogP contribution in [0.5, 0.6) is 0 Å². The molecule has 3 N–H and O–H groups in total. The van der Waals surface area contributed by atoms with Crippen LogP contribution in [0.2, 0.25) is 0 Å². The lowest BCUT2D eigenvalue weighted by Gasteiger charge is -2.58. The minimum Gasteiger partial charge on any atom is -0.480 e. The molecule has 8 atom stereocenters. The second kappa shape index (κ2) is 8.53. The normalized spacial score (nSPS) is 42.6. The second-order valence-electron chi connectivity index (χ2n) is 11.6. The van der Waals surface area contributed by atoms with Gasteiger partial charge in [-0.2, -0.15) is 0 Å². The summed E-state index contributed by atoms with van der Waals surface area (Å²) in [4.78, 5) is 22.7. The van der Waals surface area contributed by atoms with Gasteiger partial charge in [0.15, 0.2) is 0 Å². The number of aliphatic carboxylic acids is 1. The van der Waals surface area contributed by atoms with Crippen LogP contribution >= 0.6 is 0 Å². The molecule has 3 saturated carbocycles. The molecule has 0 aromatic heterocycles. The van der Waals surface area contributed by atoms with Gasteiger partial charge in [-0.1, -0.05) is 32.4 Å². The van der Waals surface area contributed by atoms with E-state index in [9.17, 15) is 14.7 Å². The topological polar surface area (TPSA) is 86.6 Å². The van der Waals surface area contributed by atoms with Gasteiger partial charge in [-0.05, 0) is 98.2 Å². The summed E-state index contributed by atoms with van der Waals surface area (Å²) in [7, 11) is 0. The maximum atomic E-state index is 12.0. The maximum absolute atomic E-state index is 12.0. The van der Waals surface area contributed by atoms with Crippen LogP contribution < -0.4 is 5.32 Å². The Balaban J connectivity index is 1.42. The third kappa shape index (κ3) is 4.07. The Hall–Kier alpha value is -1.36. The molecular formula is C26H41NO4. The molecule has 0 aromatic rings. The monoisotopic (exact) mass is 431 g/mol. The first-order valence-electron chi connectivity index (χ1n) is 12.5. The number of amides is 1. The van der Waals surface area contributed by atoms with Crippen molar-refractivity contribution >= 4 is 11.9 Å². The minimum absolute atomic E-state index is 0.144. The summed E-state index contributed by atoms with van der Waals surface area (Å²) in [5.74, 6) is 2.29. The maximum Gasteiger partial charge on any atom is 0.322 e. The van der Waals surface area contributed by atoms with E-state index in [0.717, 1.165) is 43.4 Å². The predicted molar refractivity (Wildman–Crippen MR) is 120 cm³/mol. The number of carboxylic acid groups (broad SMARTS) is 1. The lowest BCUT2D eigenvalue weighted by Crippen LogP contribution is -2.50. The Labute approximate surface area is 187 Å². The summed E-state index contributed by atoms with van der Waals surface area (Å²) >= 11 is 0. The highest BCUT2D eigenvalue weighted by Gasteiger charge is 2.59. The molecule has 0 aromatic carbocycles. The summed E-state index contributed by atoms with van der Waals surface area (Å²) in [5.41, 5.74) is 2.18. The smallest absolute Gasteiger partial charge is 0.322 e. The van der Waals surface area contributed by atoms with Crippen LogP contribution in [0.15, 0.2) is 11.6 Å². The molecule has 31 heavy (non-hydrogen) atoms. The summed E-state index contributed by atoms with van der Waals surface area (Å²) < 4.78 is 0. The van der Waals surface area contributed by atoms with Crippen LogP contribution in [0.3, 0.4) is 0 Å². The fourth-order valence-electron chi connectivity index (χ4n) is 8.44. The first-order valence-corrected chi connectivity index (χ1v) is 12.5. The van der Waals surface area contributed by atoms with E-state index < -0.39 is 5.97 Å². The van der Waals surface area contributed by atoms with Crippen molar-refractivity contribution in [3.8, 4) is 0 Å². The Morgan fingerprint density at radius 2 is 1.94 bits per heavy atom. The molecule has 0 saturated heterocycles. The minimum atomic E-state index is -0.991. The molecule has 1 amide bonds. The average Bonchev–Trinajstić information content (AvgIpc) is 3.08. The van der Waals surface area contributed by atoms with Crippen LogP contribution in [0.25, 0.3) is 0 Å². The highest BCUT2D eigenvalue weighted by Crippen LogP contribution is 2.67. The quantitative estimate of drug-likeness (QED) is 0.539. The summed E-state index contributed by atoms with van der Waals surface area (Å²) in [5, 5.41) is 21.4. The summed E-state index contributed by atoms with van der Waals surface area (Å²) in [6, 6.07) is 0. The van der Waals surface area contributed by atoms with Gasteiger partial charge < -0.3 is 15.5 Å². The Kier molecular flexibility index (Phi) is 6.28. The number of aliphatic hydroxyl groups excluding tert-OH is 1. The van der Waals surface area contributed by atoms with Crippen LogP contribution in [0, 0.1) is 40.4 Å². The molecule has 0 aliphatic heterocycles. The van der Waals surface area contributed by atoms with Crippen LogP contribution in [-0.4, -0.2) is 34.7 Å². The molecule has 4 rings (SSSR count). The zero-order chi connectivity index (χ0) is 22.4. The number of carbonyl (C=O) groups excluding carboxylic acids is 1. The number of rotatable bonds is 6. The number of fused-ring (bicyclic) bond motifs is 5. The van der Waals surface area contributed by atoms with E-state index in [-0.39, 0.29) is 24.0 Å². The fourth-order valence-corrected chi connectivity index (χ4v) is 8.44. The van der Waals surface area contributed by atoms with Gasteiger partial charge in [0, 0.05) is 6.42 Å². The van der Waals surface area contributed by atoms with Crippen molar-refractivity contribution in [1.29, 1.82) is 0 Å². The average molecular weight is 432 g/mol. The third-order valence-corrected chi connectivity index (χ3v) is 10.1. The van der Waals surface area contributed by atoms with E-state index in [4.69, 9.17) is 5.11 Å². The van der Waals surface area contributed by atoms with E-state index in [2.05, 4.69) is 32.2 Å². The Bertz CT molecular complexity index is 748. The zero-order valence-electron chi connectivity index (χ0n) is 19.5. The standard InChI is InChI=1S/C26H41NO4/c1-16(4-9-23(29)27-15-24(30)31)20-7-8-21-19-6-5-17-14-18(28)10-12-25(17,2)22(19)11-13-26(20,21)3/h5,16,18-22,28H,4,6-15H2,1-3H3,(H,27,29)(H,30,31)/t16-,18?,19+,20-,21+,22+,25+,26-/m1/s1. The number of carbonyl (C=O) groups is 2. The van der Waals surface area contributed by atoms with E-state index >= 15 is 0 Å². The van der Waals surface area contributed by atoms with E-state index in [0.29, 0.717) is 23.7 Å². The second-order valence-corrected chi connectivity index (χ2v) is 11.6. The fraction of sp³-hybridized carbons (Fsp3) is 0.846. The molecular weight excluding hydrogens is 390 g/mol. The number of allylic oxidation sites excluding steroid dienone is 1. The molecule has 3 fully saturated rings. The van der Waals surface area contributed by atoms with Crippen LogP contribution in [0.1, 0.15) is 85.0 Å². The molecule has 4 aliphatic carbocycles. The van der Waals surface area contributed by atoms with Crippen LogP contribution in [-0.2, 0) is 9.59 Å². The van der Waals surface area contributed by atoms with Crippen molar-refractivity contribution in [1.82, 2.24) is 5.32 Å². The first kappa shape index (κ1) is 22.8. The highest BCUT2D eigenvalue weighted by molar-refractivity contribution is 5.81. The molecule has 5 heteroatoms. The van der Waals surface area contributed by atoms with Crippen molar-refractivity contribution < 1.29 is 19.8 Å². The van der Waals surface area contributed by atoms with Gasteiger partial charge in [-0.15, -0.1) is 0 Å². The van der Waals surface area contributed by atoms with Crippen molar-refractivity contribution in [2.75, 3.05) is 6.54 Å². The Morgan fingerprint density at radius 1 is 1.16 bits per heavy atom. The van der Waals surface area contributed by atoms with Gasteiger partial charge in [-0.25, -0.2) is 0 Å². The van der Waals surface area contributed by atoms with Gasteiger partial charge in [0.1, 0.15) is 6.54 Å². The number of hydrogen-bond acceptors (Lipinski definition) is 3. The molecule has 0 radical (unpaired) electrons. The van der Waals surface area contributed by atoms with E-state index in [1.54, 1.807) is 0 Å². The molecule has 174 valence electrons. The lowest BCUT2D eigenvalue weighted by atomic mass is 9.47. The van der Waals surface area contributed by atoms with E-state index in [1.807, 2.05) is 0 Å². The molecule has 0 heterocycles. The summed E-state index contributed by atoms with van der Waals surface area (Å²) in [6.45, 7) is 7.02. The first-order chi connectivity index (χ1) is 14.6.